The van der Waals surface area contributed by atoms with E-state index in [2.05, 4.69) is 6.58 Å². The Balaban J connectivity index is 3.33. The van der Waals surface area contributed by atoms with E-state index < -0.39 is 0 Å². The number of benzene rings is 1. The van der Waals surface area contributed by atoms with Crippen LogP contribution in [0.15, 0.2) is 18.7 Å². The maximum atomic E-state index is 5.22. The second-order valence-electron chi connectivity index (χ2n) is 2.79. The van der Waals surface area contributed by atoms with E-state index >= 15 is 0 Å². The Morgan fingerprint density at radius 3 is 2.38 bits per heavy atom. The van der Waals surface area contributed by atoms with E-state index in [1.807, 2.05) is 19.1 Å². The highest BCUT2D eigenvalue weighted by atomic mass is 16.5. The van der Waals surface area contributed by atoms with Gasteiger partial charge in [-0.05, 0) is 24.6 Å². The maximum Gasteiger partial charge on any atom is 0.167 e. The molecular formula is C11H14O2. The van der Waals surface area contributed by atoms with Gasteiger partial charge in [0, 0.05) is 5.56 Å². The van der Waals surface area contributed by atoms with E-state index in [4.69, 9.17) is 9.47 Å². The van der Waals surface area contributed by atoms with Gasteiger partial charge < -0.3 is 9.47 Å². The summed E-state index contributed by atoms with van der Waals surface area (Å²) in [5, 5.41) is 0. The van der Waals surface area contributed by atoms with Crippen LogP contribution in [-0.4, -0.2) is 14.2 Å². The molecule has 1 aromatic rings. The number of hydrogen-bond donors (Lipinski definition) is 0. The zero-order valence-electron chi connectivity index (χ0n) is 8.26. The molecule has 0 fully saturated rings. The molecule has 1 aromatic carbocycles. The topological polar surface area (TPSA) is 18.5 Å². The number of hydrogen-bond acceptors (Lipinski definition) is 2. The van der Waals surface area contributed by atoms with Gasteiger partial charge >= 0.3 is 0 Å². The van der Waals surface area contributed by atoms with Gasteiger partial charge in [-0.25, -0.2) is 0 Å². The lowest BCUT2D eigenvalue weighted by Crippen LogP contribution is -1.93. The summed E-state index contributed by atoms with van der Waals surface area (Å²) >= 11 is 0. The van der Waals surface area contributed by atoms with Crippen molar-refractivity contribution in [1.82, 2.24) is 0 Å². The van der Waals surface area contributed by atoms with Crippen molar-refractivity contribution in [3.63, 3.8) is 0 Å². The van der Waals surface area contributed by atoms with Crippen LogP contribution in [0.3, 0.4) is 0 Å². The lowest BCUT2D eigenvalue weighted by Gasteiger charge is -2.11. The molecule has 0 aromatic heterocycles. The first-order valence-electron chi connectivity index (χ1n) is 4.08. The fourth-order valence-electron chi connectivity index (χ4n) is 1.29. The van der Waals surface area contributed by atoms with Crippen LogP contribution in [0.1, 0.15) is 11.1 Å². The molecule has 0 radical (unpaired) electrons. The van der Waals surface area contributed by atoms with Gasteiger partial charge in [-0.2, -0.15) is 0 Å². The summed E-state index contributed by atoms with van der Waals surface area (Å²) in [6, 6.07) is 3.94. The van der Waals surface area contributed by atoms with Crippen LogP contribution in [0, 0.1) is 6.92 Å². The molecule has 0 atom stereocenters. The summed E-state index contributed by atoms with van der Waals surface area (Å²) in [4.78, 5) is 0. The van der Waals surface area contributed by atoms with E-state index in [-0.39, 0.29) is 0 Å². The van der Waals surface area contributed by atoms with Crippen LogP contribution >= 0.6 is 0 Å². The lowest BCUT2D eigenvalue weighted by atomic mass is 10.1. The number of rotatable bonds is 3. The van der Waals surface area contributed by atoms with Crippen molar-refractivity contribution in [3.05, 3.63) is 29.8 Å². The highest BCUT2D eigenvalue weighted by molar-refractivity contribution is 5.62. The highest BCUT2D eigenvalue weighted by Crippen LogP contribution is 2.32. The molecule has 0 heterocycles. The summed E-state index contributed by atoms with van der Waals surface area (Å²) in [6.07, 6.45) is 1.76. The Hall–Kier alpha value is -1.44. The fourth-order valence-corrected chi connectivity index (χ4v) is 1.29. The first-order chi connectivity index (χ1) is 6.22. The Morgan fingerprint density at radius 1 is 1.23 bits per heavy atom. The number of aryl methyl sites for hydroxylation is 1. The van der Waals surface area contributed by atoms with Crippen molar-refractivity contribution in [3.8, 4) is 11.5 Å². The Morgan fingerprint density at radius 2 is 1.92 bits per heavy atom. The molecule has 0 spiro atoms. The molecule has 70 valence electrons. The van der Waals surface area contributed by atoms with E-state index in [1.54, 1.807) is 20.3 Å². The average molecular weight is 178 g/mol. The molecule has 1 rings (SSSR count). The van der Waals surface area contributed by atoms with E-state index in [1.165, 1.54) is 0 Å². The van der Waals surface area contributed by atoms with Crippen LogP contribution < -0.4 is 9.47 Å². The van der Waals surface area contributed by atoms with Crippen molar-refractivity contribution < 1.29 is 9.47 Å². The predicted octanol–water partition coefficient (Wildman–Crippen LogP) is 2.66. The molecular weight excluding hydrogens is 164 g/mol. The third-order valence-corrected chi connectivity index (χ3v) is 1.87. The Kier molecular flexibility index (Phi) is 2.96. The van der Waals surface area contributed by atoms with Gasteiger partial charge in [-0.1, -0.05) is 12.7 Å². The molecule has 0 unspecified atom stereocenters. The standard InChI is InChI=1S/C11H14O2/c1-5-9-6-8(2)7-10(12-3)11(9)13-4/h5-7H,1H2,2-4H3. The normalized spacial score (nSPS) is 9.46. The smallest absolute Gasteiger partial charge is 0.167 e. The summed E-state index contributed by atoms with van der Waals surface area (Å²) in [5.41, 5.74) is 2.09. The number of ether oxygens (including phenoxy) is 2. The molecule has 2 heteroatoms. The van der Waals surface area contributed by atoms with Crippen LogP contribution in [-0.2, 0) is 0 Å². The van der Waals surface area contributed by atoms with Crippen LogP contribution in [0.25, 0.3) is 6.08 Å². The Bertz CT molecular complexity index is 316. The quantitative estimate of drug-likeness (QED) is 0.708. The second-order valence-corrected chi connectivity index (χ2v) is 2.79. The lowest BCUT2D eigenvalue weighted by molar-refractivity contribution is 0.354. The van der Waals surface area contributed by atoms with Gasteiger partial charge in [0.25, 0.3) is 0 Å². The van der Waals surface area contributed by atoms with Crippen LogP contribution in [0.2, 0.25) is 0 Å². The van der Waals surface area contributed by atoms with Crippen molar-refractivity contribution in [1.29, 1.82) is 0 Å². The van der Waals surface area contributed by atoms with Gasteiger partial charge in [0.15, 0.2) is 11.5 Å². The zero-order chi connectivity index (χ0) is 9.84. The molecule has 0 bridgehead atoms. The molecule has 0 amide bonds. The summed E-state index contributed by atoms with van der Waals surface area (Å²) < 4.78 is 10.4. The van der Waals surface area contributed by atoms with Crippen molar-refractivity contribution in [2.45, 2.75) is 6.92 Å². The van der Waals surface area contributed by atoms with Crippen molar-refractivity contribution in [2.24, 2.45) is 0 Å². The first-order valence-corrected chi connectivity index (χ1v) is 4.08. The van der Waals surface area contributed by atoms with Gasteiger partial charge in [0.05, 0.1) is 14.2 Å². The molecule has 2 nitrogen and oxygen atoms in total. The summed E-state index contributed by atoms with van der Waals surface area (Å²) in [6.45, 7) is 5.73. The third-order valence-electron chi connectivity index (χ3n) is 1.87. The molecule has 13 heavy (non-hydrogen) atoms. The van der Waals surface area contributed by atoms with Gasteiger partial charge in [-0.15, -0.1) is 0 Å². The largest absolute Gasteiger partial charge is 0.493 e. The summed E-state index contributed by atoms with van der Waals surface area (Å²) in [5.74, 6) is 1.49. The third kappa shape index (κ3) is 1.83. The van der Waals surface area contributed by atoms with E-state index in [0.29, 0.717) is 0 Å². The molecule has 0 aliphatic carbocycles. The van der Waals surface area contributed by atoms with Crippen molar-refractivity contribution >= 4 is 6.08 Å². The molecule has 0 saturated heterocycles. The van der Waals surface area contributed by atoms with Gasteiger partial charge in [-0.3, -0.25) is 0 Å². The zero-order valence-corrected chi connectivity index (χ0v) is 8.26. The maximum absolute atomic E-state index is 5.22. The number of methoxy groups -OCH3 is 2. The molecule has 0 saturated carbocycles. The summed E-state index contributed by atoms with van der Waals surface area (Å²) in [7, 11) is 3.25. The predicted molar refractivity (Wildman–Crippen MR) is 54.4 cm³/mol. The Labute approximate surface area is 78.8 Å². The van der Waals surface area contributed by atoms with Crippen molar-refractivity contribution in [2.75, 3.05) is 14.2 Å². The van der Waals surface area contributed by atoms with Crippen LogP contribution in [0.4, 0.5) is 0 Å². The minimum Gasteiger partial charge on any atom is -0.493 e. The SMILES string of the molecule is C=Cc1cc(C)cc(OC)c1OC. The van der Waals surface area contributed by atoms with Gasteiger partial charge in [0.1, 0.15) is 0 Å². The van der Waals surface area contributed by atoms with E-state index in [0.717, 1.165) is 22.6 Å². The monoisotopic (exact) mass is 178 g/mol. The second kappa shape index (κ2) is 3.99. The van der Waals surface area contributed by atoms with Gasteiger partial charge in [0.2, 0.25) is 0 Å². The van der Waals surface area contributed by atoms with E-state index in [9.17, 15) is 0 Å². The fraction of sp³-hybridized carbons (Fsp3) is 0.273. The molecule has 0 N–H and O–H groups in total. The molecule has 0 aliphatic rings. The highest BCUT2D eigenvalue weighted by Gasteiger charge is 2.07. The minimum atomic E-state index is 0.739. The van der Waals surface area contributed by atoms with Crippen LogP contribution in [0.5, 0.6) is 11.5 Å². The molecule has 0 aliphatic heterocycles. The average Bonchev–Trinajstić information content (AvgIpc) is 2.16. The minimum absolute atomic E-state index is 0.739. The first kappa shape index (κ1) is 9.65.